The Hall–Kier alpha value is -3.02. The van der Waals surface area contributed by atoms with E-state index in [9.17, 15) is 15.0 Å². The molecule has 29 heavy (non-hydrogen) atoms. The number of benzene rings is 3. The molecular formula is C23H22ClNO4. The lowest BCUT2D eigenvalue weighted by Gasteiger charge is -2.14. The Bertz CT molecular complexity index is 1020. The van der Waals surface area contributed by atoms with Gasteiger partial charge in [0.15, 0.2) is 5.78 Å². The van der Waals surface area contributed by atoms with E-state index < -0.39 is 6.10 Å². The zero-order chi connectivity index (χ0) is 21.0. The quantitative estimate of drug-likeness (QED) is 0.380. The number of aliphatic hydroxyl groups excluding tert-OH is 1. The van der Waals surface area contributed by atoms with Gasteiger partial charge in [0, 0.05) is 12.1 Å². The van der Waals surface area contributed by atoms with Gasteiger partial charge in [-0.3, -0.25) is 4.79 Å². The van der Waals surface area contributed by atoms with Gasteiger partial charge < -0.3 is 20.7 Å². The molecule has 0 aliphatic rings. The number of phenolic OH excluding ortho intramolecular Hbond substituents is 1. The molecule has 0 fully saturated rings. The minimum absolute atomic E-state index is 0.0120. The van der Waals surface area contributed by atoms with Crippen LogP contribution in [0.5, 0.6) is 11.5 Å². The third kappa shape index (κ3) is 4.70. The molecule has 0 saturated carbocycles. The highest BCUT2D eigenvalue weighted by Crippen LogP contribution is 2.37. The molecule has 3 aromatic carbocycles. The van der Waals surface area contributed by atoms with Crippen LogP contribution in [0.4, 0.5) is 5.69 Å². The van der Waals surface area contributed by atoms with E-state index in [1.807, 2.05) is 30.3 Å². The van der Waals surface area contributed by atoms with Crippen LogP contribution < -0.4 is 10.5 Å². The summed E-state index contributed by atoms with van der Waals surface area (Å²) in [5.41, 5.74) is 8.87. The zero-order valence-corrected chi connectivity index (χ0v) is 16.7. The van der Waals surface area contributed by atoms with Crippen molar-refractivity contribution in [3.05, 3.63) is 87.9 Å². The maximum Gasteiger partial charge on any atom is 0.166 e. The number of ketones is 1. The summed E-state index contributed by atoms with van der Waals surface area (Å²) in [6, 6.07) is 17.5. The molecule has 0 spiro atoms. The van der Waals surface area contributed by atoms with Crippen molar-refractivity contribution < 1.29 is 19.7 Å². The summed E-state index contributed by atoms with van der Waals surface area (Å²) in [5, 5.41) is 20.7. The van der Waals surface area contributed by atoms with Crippen molar-refractivity contribution in [1.29, 1.82) is 0 Å². The molecule has 0 bridgehead atoms. The molecule has 0 saturated heterocycles. The topological polar surface area (TPSA) is 92.8 Å². The number of rotatable bonds is 7. The van der Waals surface area contributed by atoms with E-state index in [-0.39, 0.29) is 35.1 Å². The van der Waals surface area contributed by atoms with Gasteiger partial charge in [0.2, 0.25) is 0 Å². The third-order valence-electron chi connectivity index (χ3n) is 4.62. The molecule has 0 amide bonds. The molecule has 1 unspecified atom stereocenters. The Balaban J connectivity index is 1.69. The molecule has 0 radical (unpaired) electrons. The van der Waals surface area contributed by atoms with Crippen LogP contribution in [0.25, 0.3) is 0 Å². The molecule has 4 N–H and O–H groups in total. The molecule has 1 atom stereocenters. The molecule has 3 aromatic rings. The molecule has 6 heteroatoms. The molecule has 0 aliphatic carbocycles. The lowest BCUT2D eigenvalue weighted by atomic mass is 10.00. The first-order valence-electron chi connectivity index (χ1n) is 9.20. The van der Waals surface area contributed by atoms with Crippen LogP contribution in [-0.4, -0.2) is 16.0 Å². The minimum Gasteiger partial charge on any atom is -0.505 e. The number of anilines is 1. The van der Waals surface area contributed by atoms with Gasteiger partial charge in [-0.1, -0.05) is 54.9 Å². The van der Waals surface area contributed by atoms with Crippen LogP contribution >= 0.6 is 11.6 Å². The largest absolute Gasteiger partial charge is 0.505 e. The molecule has 0 heterocycles. The Morgan fingerprint density at radius 3 is 2.48 bits per heavy atom. The van der Waals surface area contributed by atoms with Gasteiger partial charge in [-0.2, -0.15) is 0 Å². The predicted molar refractivity (Wildman–Crippen MR) is 113 cm³/mol. The van der Waals surface area contributed by atoms with E-state index in [0.29, 0.717) is 11.4 Å². The average molecular weight is 412 g/mol. The lowest BCUT2D eigenvalue weighted by molar-refractivity contribution is 0.0985. The van der Waals surface area contributed by atoms with E-state index in [1.165, 1.54) is 6.07 Å². The average Bonchev–Trinajstić information content (AvgIpc) is 2.74. The van der Waals surface area contributed by atoms with Crippen molar-refractivity contribution in [2.24, 2.45) is 0 Å². The number of hydrogen-bond donors (Lipinski definition) is 3. The van der Waals surface area contributed by atoms with Gasteiger partial charge in [-0.05, 0) is 41.0 Å². The van der Waals surface area contributed by atoms with Gasteiger partial charge in [0.25, 0.3) is 0 Å². The summed E-state index contributed by atoms with van der Waals surface area (Å²) in [4.78, 5) is 11.8. The normalized spacial score (nSPS) is 11.8. The highest BCUT2D eigenvalue weighted by molar-refractivity contribution is 6.34. The number of ether oxygens (including phenoxy) is 1. The molecular weight excluding hydrogens is 390 g/mol. The maximum absolute atomic E-state index is 11.8. The second kappa shape index (κ2) is 8.99. The number of phenols is 1. The summed E-state index contributed by atoms with van der Waals surface area (Å²) >= 11 is 6.14. The van der Waals surface area contributed by atoms with Crippen LogP contribution in [0, 0.1) is 0 Å². The van der Waals surface area contributed by atoms with Crippen LogP contribution in [0.1, 0.15) is 46.5 Å². The molecule has 0 aliphatic heterocycles. The Kier molecular flexibility index (Phi) is 6.42. The fraction of sp³-hybridized carbons (Fsp3) is 0.174. The highest BCUT2D eigenvalue weighted by atomic mass is 35.5. The van der Waals surface area contributed by atoms with E-state index in [4.69, 9.17) is 22.1 Å². The summed E-state index contributed by atoms with van der Waals surface area (Å²) in [6.07, 6.45) is -0.499. The minimum atomic E-state index is -0.775. The molecule has 3 rings (SSSR count). The summed E-state index contributed by atoms with van der Waals surface area (Å²) < 4.78 is 5.69. The first-order chi connectivity index (χ1) is 13.9. The van der Waals surface area contributed by atoms with E-state index in [2.05, 4.69) is 0 Å². The molecule has 150 valence electrons. The Morgan fingerprint density at radius 1 is 1.10 bits per heavy atom. The SMILES string of the molecule is CCC(=O)c1ccc(OCc2ccc(C(O)c3cccc(N)c3)cc2)c(Cl)c1O. The molecule has 0 aromatic heterocycles. The highest BCUT2D eigenvalue weighted by Gasteiger charge is 2.16. The van der Waals surface area contributed by atoms with Crippen molar-refractivity contribution in [3.63, 3.8) is 0 Å². The summed E-state index contributed by atoms with van der Waals surface area (Å²) in [6.45, 7) is 1.93. The van der Waals surface area contributed by atoms with Crippen molar-refractivity contribution in [3.8, 4) is 11.5 Å². The first kappa shape index (κ1) is 20.7. The van der Waals surface area contributed by atoms with E-state index >= 15 is 0 Å². The number of halogens is 1. The Labute approximate surface area is 174 Å². The first-order valence-corrected chi connectivity index (χ1v) is 9.58. The Morgan fingerprint density at radius 2 is 1.83 bits per heavy atom. The lowest BCUT2D eigenvalue weighted by Crippen LogP contribution is -2.02. The zero-order valence-electron chi connectivity index (χ0n) is 15.9. The van der Waals surface area contributed by atoms with Gasteiger partial charge in [0.1, 0.15) is 29.2 Å². The predicted octanol–water partition coefficient (Wildman–Crippen LogP) is 4.88. The monoisotopic (exact) mass is 411 g/mol. The number of nitrogens with two attached hydrogens (primary N) is 1. The maximum atomic E-state index is 11.8. The number of nitrogen functional groups attached to an aromatic ring is 1. The van der Waals surface area contributed by atoms with Gasteiger partial charge in [0.05, 0.1) is 5.56 Å². The number of aliphatic hydroxyl groups is 1. The third-order valence-corrected chi connectivity index (χ3v) is 4.98. The van der Waals surface area contributed by atoms with Crippen molar-refractivity contribution in [2.45, 2.75) is 26.1 Å². The number of hydrogen-bond acceptors (Lipinski definition) is 5. The number of Topliss-reactive ketones (excluding diaryl/α,β-unsaturated/α-hetero) is 1. The number of carbonyl (C=O) groups is 1. The number of aromatic hydroxyl groups is 1. The van der Waals surface area contributed by atoms with Gasteiger partial charge in [-0.15, -0.1) is 0 Å². The van der Waals surface area contributed by atoms with Crippen molar-refractivity contribution in [2.75, 3.05) is 5.73 Å². The van der Waals surface area contributed by atoms with Crippen LogP contribution in [-0.2, 0) is 6.61 Å². The van der Waals surface area contributed by atoms with Gasteiger partial charge >= 0.3 is 0 Å². The fourth-order valence-corrected chi connectivity index (χ4v) is 3.17. The van der Waals surface area contributed by atoms with E-state index in [0.717, 1.165) is 16.7 Å². The second-order valence-electron chi connectivity index (χ2n) is 6.65. The fourth-order valence-electron chi connectivity index (χ4n) is 2.95. The van der Waals surface area contributed by atoms with Crippen molar-refractivity contribution >= 4 is 23.1 Å². The van der Waals surface area contributed by atoms with Crippen LogP contribution in [0.15, 0.2) is 60.7 Å². The van der Waals surface area contributed by atoms with Gasteiger partial charge in [-0.25, -0.2) is 0 Å². The van der Waals surface area contributed by atoms with Crippen LogP contribution in [0.2, 0.25) is 5.02 Å². The van der Waals surface area contributed by atoms with Crippen LogP contribution in [0.3, 0.4) is 0 Å². The standard InChI is InChI=1S/C23H22ClNO4/c1-2-19(26)18-10-11-20(21(24)23(18)28)29-13-14-6-8-15(9-7-14)22(27)16-4-3-5-17(25)12-16/h3-12,22,27-28H,2,13,25H2,1H3. The van der Waals surface area contributed by atoms with E-state index in [1.54, 1.807) is 31.2 Å². The smallest absolute Gasteiger partial charge is 0.166 e. The summed E-state index contributed by atoms with van der Waals surface area (Å²) in [7, 11) is 0. The number of carbonyl (C=O) groups excluding carboxylic acids is 1. The summed E-state index contributed by atoms with van der Waals surface area (Å²) in [5.74, 6) is -0.164. The second-order valence-corrected chi connectivity index (χ2v) is 7.03. The molecule has 5 nitrogen and oxygen atoms in total. The van der Waals surface area contributed by atoms with Crippen molar-refractivity contribution in [1.82, 2.24) is 0 Å².